The van der Waals surface area contributed by atoms with Crippen molar-refractivity contribution in [3.63, 3.8) is 0 Å². The number of ether oxygens (including phenoxy) is 3. The number of carbonyl (C=O) groups is 2. The van der Waals surface area contributed by atoms with Crippen LogP contribution in [0.15, 0.2) is 47.4 Å². The van der Waals surface area contributed by atoms with Gasteiger partial charge in [0.15, 0.2) is 18.1 Å². The summed E-state index contributed by atoms with van der Waals surface area (Å²) in [6, 6.07) is 7.95. The van der Waals surface area contributed by atoms with Crippen LogP contribution in [0.1, 0.15) is 13.8 Å². The van der Waals surface area contributed by atoms with Crippen molar-refractivity contribution in [2.45, 2.75) is 24.8 Å². The Morgan fingerprint density at radius 3 is 2.38 bits per heavy atom. The van der Waals surface area contributed by atoms with Gasteiger partial charge in [0.25, 0.3) is 5.91 Å². The average molecular weight is 466 g/mol. The highest BCUT2D eigenvalue weighted by Gasteiger charge is 2.31. The molecule has 0 fully saturated rings. The molecule has 11 heteroatoms. The van der Waals surface area contributed by atoms with E-state index in [1.165, 1.54) is 42.5 Å². The van der Waals surface area contributed by atoms with Crippen molar-refractivity contribution in [2.75, 3.05) is 25.1 Å². The lowest BCUT2D eigenvalue weighted by Gasteiger charge is -2.22. The monoisotopic (exact) mass is 466 g/mol. The van der Waals surface area contributed by atoms with E-state index in [4.69, 9.17) is 14.2 Å². The summed E-state index contributed by atoms with van der Waals surface area (Å²) in [6.45, 7) is 3.30. The van der Waals surface area contributed by atoms with Crippen LogP contribution in [0.5, 0.6) is 11.5 Å². The van der Waals surface area contributed by atoms with E-state index in [9.17, 15) is 22.4 Å². The summed E-state index contributed by atoms with van der Waals surface area (Å²) in [7, 11) is -4.10. The zero-order chi connectivity index (χ0) is 23.3. The predicted molar refractivity (Wildman–Crippen MR) is 112 cm³/mol. The summed E-state index contributed by atoms with van der Waals surface area (Å²) in [5.74, 6) is -1.76. The molecule has 9 nitrogen and oxygen atoms in total. The van der Waals surface area contributed by atoms with E-state index in [1.54, 1.807) is 13.8 Å². The fourth-order valence-electron chi connectivity index (χ4n) is 2.84. The molecule has 0 saturated carbocycles. The fraction of sp³-hybridized carbons (Fsp3) is 0.333. The number of nitrogens with one attached hydrogen (secondary N) is 2. The van der Waals surface area contributed by atoms with Gasteiger partial charge >= 0.3 is 5.97 Å². The lowest BCUT2D eigenvalue weighted by Crippen LogP contribution is -2.45. The second-order valence-electron chi connectivity index (χ2n) is 7.31. The Kier molecular flexibility index (Phi) is 7.31. The van der Waals surface area contributed by atoms with Gasteiger partial charge in [0.2, 0.25) is 10.0 Å². The lowest BCUT2D eigenvalue weighted by molar-refractivity contribution is -0.150. The van der Waals surface area contributed by atoms with Crippen LogP contribution in [-0.2, 0) is 24.3 Å². The molecule has 1 amide bonds. The Labute approximate surface area is 184 Å². The highest BCUT2D eigenvalue weighted by atomic mass is 32.2. The maximum absolute atomic E-state index is 12.9. The molecule has 172 valence electrons. The molecule has 3 rings (SSSR count). The molecule has 0 aliphatic carbocycles. The molecule has 0 spiro atoms. The average Bonchev–Trinajstić information content (AvgIpc) is 2.77. The molecule has 0 saturated heterocycles. The summed E-state index contributed by atoms with van der Waals surface area (Å²) < 4.78 is 56.7. The van der Waals surface area contributed by atoms with Gasteiger partial charge < -0.3 is 19.5 Å². The number of rotatable bonds is 8. The van der Waals surface area contributed by atoms with Crippen LogP contribution in [0.2, 0.25) is 0 Å². The Hall–Kier alpha value is -3.18. The second-order valence-corrected chi connectivity index (χ2v) is 9.03. The number of hydrogen-bond donors (Lipinski definition) is 2. The molecule has 0 bridgehead atoms. The summed E-state index contributed by atoms with van der Waals surface area (Å²) in [6.07, 6.45) is 0. The van der Waals surface area contributed by atoms with E-state index in [-0.39, 0.29) is 4.90 Å². The van der Waals surface area contributed by atoms with E-state index in [0.29, 0.717) is 30.4 Å². The van der Waals surface area contributed by atoms with Crippen molar-refractivity contribution in [3.05, 3.63) is 48.3 Å². The Morgan fingerprint density at radius 2 is 1.72 bits per heavy atom. The van der Waals surface area contributed by atoms with E-state index < -0.39 is 46.3 Å². The van der Waals surface area contributed by atoms with Crippen LogP contribution in [0, 0.1) is 11.7 Å². The standard InChI is InChI=1S/C21H23FN2O7S/c1-13(2)20(21(26)31-12-19(25)23-15-5-3-14(22)4-6-15)24-32(27,28)16-7-8-17-18(11-16)30-10-9-29-17/h3-8,11,13,20,24H,9-10,12H2,1-2H3,(H,23,25)/t20-/m1/s1. The highest BCUT2D eigenvalue weighted by Crippen LogP contribution is 2.32. The Balaban J connectivity index is 1.63. The maximum atomic E-state index is 12.9. The summed E-state index contributed by atoms with van der Waals surface area (Å²) in [5, 5.41) is 2.45. The zero-order valence-corrected chi connectivity index (χ0v) is 18.3. The molecule has 2 aromatic carbocycles. The number of amides is 1. The van der Waals surface area contributed by atoms with E-state index in [0.717, 1.165) is 0 Å². The van der Waals surface area contributed by atoms with Crippen molar-refractivity contribution < 1.29 is 36.6 Å². The molecule has 2 N–H and O–H groups in total. The molecular weight excluding hydrogens is 443 g/mol. The molecule has 2 aromatic rings. The first-order chi connectivity index (χ1) is 15.2. The van der Waals surface area contributed by atoms with Crippen LogP contribution in [-0.4, -0.2) is 46.2 Å². The van der Waals surface area contributed by atoms with Crippen molar-refractivity contribution in [1.29, 1.82) is 0 Å². The minimum absolute atomic E-state index is 0.103. The van der Waals surface area contributed by atoms with Gasteiger partial charge in [-0.05, 0) is 42.3 Å². The van der Waals surface area contributed by atoms with Crippen LogP contribution >= 0.6 is 0 Å². The lowest BCUT2D eigenvalue weighted by atomic mass is 10.1. The van der Waals surface area contributed by atoms with Gasteiger partial charge in [-0.15, -0.1) is 0 Å². The van der Waals surface area contributed by atoms with Crippen LogP contribution < -0.4 is 19.5 Å². The smallest absolute Gasteiger partial charge is 0.324 e. The highest BCUT2D eigenvalue weighted by molar-refractivity contribution is 7.89. The SMILES string of the molecule is CC(C)[C@@H](NS(=O)(=O)c1ccc2c(c1)OCCO2)C(=O)OCC(=O)Nc1ccc(F)cc1. The van der Waals surface area contributed by atoms with Crippen molar-refractivity contribution in [3.8, 4) is 11.5 Å². The number of benzene rings is 2. The molecular formula is C21H23FN2O7S. The van der Waals surface area contributed by atoms with Gasteiger partial charge in [-0.1, -0.05) is 13.8 Å². The summed E-state index contributed by atoms with van der Waals surface area (Å²) in [5.41, 5.74) is 0.326. The molecule has 0 aromatic heterocycles. The topological polar surface area (TPSA) is 120 Å². The molecule has 1 aliphatic heterocycles. The minimum Gasteiger partial charge on any atom is -0.486 e. The Morgan fingerprint density at radius 1 is 1.06 bits per heavy atom. The number of sulfonamides is 1. The third-order valence-electron chi connectivity index (χ3n) is 4.50. The van der Waals surface area contributed by atoms with Crippen molar-refractivity contribution in [1.82, 2.24) is 4.72 Å². The quantitative estimate of drug-likeness (QED) is 0.572. The maximum Gasteiger partial charge on any atom is 0.324 e. The molecule has 0 radical (unpaired) electrons. The first kappa shape index (κ1) is 23.5. The van der Waals surface area contributed by atoms with E-state index in [2.05, 4.69) is 10.0 Å². The number of esters is 1. The predicted octanol–water partition coefficient (Wildman–Crippen LogP) is 2.08. The van der Waals surface area contributed by atoms with Crippen LogP contribution in [0.25, 0.3) is 0 Å². The van der Waals surface area contributed by atoms with Gasteiger partial charge in [0.05, 0.1) is 4.90 Å². The van der Waals surface area contributed by atoms with Gasteiger partial charge in [0, 0.05) is 11.8 Å². The molecule has 0 unspecified atom stereocenters. The summed E-state index contributed by atoms with van der Waals surface area (Å²) in [4.78, 5) is 24.4. The normalized spacial score (nSPS) is 14.0. The zero-order valence-electron chi connectivity index (χ0n) is 17.5. The van der Waals surface area contributed by atoms with Crippen molar-refractivity contribution in [2.24, 2.45) is 5.92 Å². The first-order valence-electron chi connectivity index (χ1n) is 9.80. The first-order valence-corrected chi connectivity index (χ1v) is 11.3. The van der Waals surface area contributed by atoms with Gasteiger partial charge in [-0.25, -0.2) is 12.8 Å². The van der Waals surface area contributed by atoms with Crippen LogP contribution in [0.3, 0.4) is 0 Å². The largest absolute Gasteiger partial charge is 0.486 e. The van der Waals surface area contributed by atoms with E-state index in [1.807, 2.05) is 0 Å². The second kappa shape index (κ2) is 9.96. The third-order valence-corrected chi connectivity index (χ3v) is 5.94. The van der Waals surface area contributed by atoms with Gasteiger partial charge in [-0.3, -0.25) is 9.59 Å². The fourth-order valence-corrected chi connectivity index (χ4v) is 4.19. The third kappa shape index (κ3) is 5.95. The van der Waals surface area contributed by atoms with Gasteiger partial charge in [0.1, 0.15) is 25.1 Å². The molecule has 1 atom stereocenters. The molecule has 1 heterocycles. The number of fused-ring (bicyclic) bond motifs is 1. The number of halogens is 1. The molecule has 32 heavy (non-hydrogen) atoms. The van der Waals surface area contributed by atoms with Gasteiger partial charge in [-0.2, -0.15) is 4.72 Å². The van der Waals surface area contributed by atoms with Crippen LogP contribution in [0.4, 0.5) is 10.1 Å². The number of carbonyl (C=O) groups excluding carboxylic acids is 2. The number of anilines is 1. The van der Waals surface area contributed by atoms with E-state index >= 15 is 0 Å². The number of hydrogen-bond acceptors (Lipinski definition) is 7. The summed E-state index contributed by atoms with van der Waals surface area (Å²) >= 11 is 0. The molecule has 1 aliphatic rings. The van der Waals surface area contributed by atoms with Crippen molar-refractivity contribution >= 4 is 27.6 Å². The minimum atomic E-state index is -4.10. The Bertz CT molecular complexity index is 1090.